The van der Waals surface area contributed by atoms with Gasteiger partial charge in [0.1, 0.15) is 5.82 Å². The minimum atomic E-state index is -0.609. The maximum absolute atomic E-state index is 13.6. The molecular formula is C15H22FNO2. The molecule has 1 aromatic rings. The Kier molecular flexibility index (Phi) is 4.55. The predicted octanol–water partition coefficient (Wildman–Crippen LogP) is 1.84. The van der Waals surface area contributed by atoms with E-state index in [-0.39, 0.29) is 11.4 Å². The molecule has 2 rings (SSSR count). The van der Waals surface area contributed by atoms with Gasteiger partial charge in [0.15, 0.2) is 0 Å². The molecule has 106 valence electrons. The lowest BCUT2D eigenvalue weighted by molar-refractivity contribution is -0.0613. The third kappa shape index (κ3) is 3.32. The Morgan fingerprint density at radius 3 is 2.58 bits per heavy atom. The molecule has 1 fully saturated rings. The zero-order valence-corrected chi connectivity index (χ0v) is 11.6. The minimum Gasteiger partial charge on any atom is -0.391 e. The van der Waals surface area contributed by atoms with Crippen molar-refractivity contribution in [2.45, 2.75) is 31.9 Å². The Morgan fingerprint density at radius 2 is 1.95 bits per heavy atom. The Bertz CT molecular complexity index is 416. The van der Waals surface area contributed by atoms with Crippen molar-refractivity contribution in [1.82, 2.24) is 4.90 Å². The summed E-state index contributed by atoms with van der Waals surface area (Å²) in [6.45, 7) is 7.00. The monoisotopic (exact) mass is 267 g/mol. The van der Waals surface area contributed by atoms with E-state index >= 15 is 0 Å². The molecule has 0 radical (unpaired) electrons. The summed E-state index contributed by atoms with van der Waals surface area (Å²) in [6, 6.07) is 6.63. The van der Waals surface area contributed by atoms with Crippen molar-refractivity contribution in [3.63, 3.8) is 0 Å². The number of halogens is 1. The summed E-state index contributed by atoms with van der Waals surface area (Å²) in [5.41, 5.74) is 0.183. The predicted molar refractivity (Wildman–Crippen MR) is 72.6 cm³/mol. The quantitative estimate of drug-likeness (QED) is 0.903. The molecule has 0 bridgehead atoms. The molecular weight excluding hydrogens is 245 g/mol. The molecule has 1 heterocycles. The Balaban J connectivity index is 2.05. The second kappa shape index (κ2) is 5.99. The molecule has 1 saturated heterocycles. The van der Waals surface area contributed by atoms with Gasteiger partial charge in [0, 0.05) is 25.0 Å². The molecule has 1 atom stereocenters. The Hall–Kier alpha value is -0.970. The molecule has 4 heteroatoms. The molecule has 0 aromatic heterocycles. The van der Waals surface area contributed by atoms with Crippen molar-refractivity contribution in [1.29, 1.82) is 0 Å². The van der Waals surface area contributed by atoms with E-state index in [4.69, 9.17) is 4.74 Å². The summed E-state index contributed by atoms with van der Waals surface area (Å²) in [6.07, 6.45) is -0.278. The summed E-state index contributed by atoms with van der Waals surface area (Å²) in [5.74, 6) is -0.251. The summed E-state index contributed by atoms with van der Waals surface area (Å²) in [7, 11) is 0. The van der Waals surface area contributed by atoms with E-state index in [9.17, 15) is 9.50 Å². The van der Waals surface area contributed by atoms with Gasteiger partial charge in [-0.05, 0) is 25.5 Å². The fourth-order valence-electron chi connectivity index (χ4n) is 2.47. The maximum Gasteiger partial charge on any atom is 0.126 e. The van der Waals surface area contributed by atoms with Gasteiger partial charge in [-0.15, -0.1) is 0 Å². The van der Waals surface area contributed by atoms with Crippen LogP contribution in [0.4, 0.5) is 4.39 Å². The molecule has 0 spiro atoms. The summed E-state index contributed by atoms with van der Waals surface area (Å²) in [4.78, 5) is 2.21. The van der Waals surface area contributed by atoms with Crippen LogP contribution in [0.15, 0.2) is 24.3 Å². The van der Waals surface area contributed by atoms with Crippen LogP contribution in [0, 0.1) is 5.82 Å². The first-order valence-electron chi connectivity index (χ1n) is 6.76. The van der Waals surface area contributed by atoms with Crippen LogP contribution in [-0.2, 0) is 11.2 Å². The average molecular weight is 267 g/mol. The molecule has 3 nitrogen and oxygen atoms in total. The highest BCUT2D eigenvalue weighted by Crippen LogP contribution is 2.24. The van der Waals surface area contributed by atoms with Gasteiger partial charge in [-0.25, -0.2) is 4.39 Å². The van der Waals surface area contributed by atoms with Crippen LogP contribution in [0.3, 0.4) is 0 Å². The number of aliphatic hydroxyl groups excluding tert-OH is 1. The Labute approximate surface area is 114 Å². The number of ether oxygens (including phenoxy) is 1. The molecule has 1 aliphatic rings. The van der Waals surface area contributed by atoms with Crippen molar-refractivity contribution >= 4 is 0 Å². The van der Waals surface area contributed by atoms with Gasteiger partial charge in [-0.2, -0.15) is 0 Å². The van der Waals surface area contributed by atoms with Crippen LogP contribution in [0.5, 0.6) is 0 Å². The van der Waals surface area contributed by atoms with E-state index in [0.29, 0.717) is 25.2 Å². The first kappa shape index (κ1) is 14.4. The van der Waals surface area contributed by atoms with Gasteiger partial charge < -0.3 is 9.84 Å². The first-order valence-corrected chi connectivity index (χ1v) is 6.76. The van der Waals surface area contributed by atoms with E-state index in [1.54, 1.807) is 18.2 Å². The van der Waals surface area contributed by atoms with Crippen LogP contribution in [-0.4, -0.2) is 48.0 Å². The molecule has 0 amide bonds. The number of aliphatic hydroxyl groups is 1. The molecule has 1 unspecified atom stereocenters. The molecule has 1 N–H and O–H groups in total. The van der Waals surface area contributed by atoms with Crippen LogP contribution < -0.4 is 0 Å². The van der Waals surface area contributed by atoms with Crippen molar-refractivity contribution < 1.29 is 14.2 Å². The minimum absolute atomic E-state index is 0.251. The van der Waals surface area contributed by atoms with Crippen LogP contribution in [0.1, 0.15) is 19.4 Å². The van der Waals surface area contributed by atoms with E-state index in [1.165, 1.54) is 6.07 Å². The van der Waals surface area contributed by atoms with E-state index in [2.05, 4.69) is 4.90 Å². The zero-order valence-electron chi connectivity index (χ0n) is 11.6. The average Bonchev–Trinajstić information content (AvgIpc) is 2.42. The van der Waals surface area contributed by atoms with Crippen molar-refractivity contribution in [3.8, 4) is 0 Å². The highest BCUT2D eigenvalue weighted by molar-refractivity contribution is 5.19. The fraction of sp³-hybridized carbons (Fsp3) is 0.600. The number of hydrogen-bond acceptors (Lipinski definition) is 3. The fourth-order valence-corrected chi connectivity index (χ4v) is 2.47. The van der Waals surface area contributed by atoms with Gasteiger partial charge >= 0.3 is 0 Å². The topological polar surface area (TPSA) is 32.7 Å². The highest BCUT2D eigenvalue weighted by atomic mass is 19.1. The summed E-state index contributed by atoms with van der Waals surface area (Å²) >= 11 is 0. The largest absolute Gasteiger partial charge is 0.391 e. The first-order chi connectivity index (χ1) is 9.01. The van der Waals surface area contributed by atoms with E-state index in [1.807, 2.05) is 13.8 Å². The van der Waals surface area contributed by atoms with Crippen LogP contribution >= 0.6 is 0 Å². The third-order valence-electron chi connectivity index (χ3n) is 4.01. The lowest BCUT2D eigenvalue weighted by atomic mass is 9.89. The van der Waals surface area contributed by atoms with Crippen molar-refractivity contribution in [2.24, 2.45) is 0 Å². The lowest BCUT2D eigenvalue weighted by Crippen LogP contribution is -2.56. The van der Waals surface area contributed by atoms with Crippen molar-refractivity contribution in [2.75, 3.05) is 26.3 Å². The van der Waals surface area contributed by atoms with Gasteiger partial charge in [0.05, 0.1) is 19.3 Å². The second-order valence-electron chi connectivity index (χ2n) is 5.56. The second-order valence-corrected chi connectivity index (χ2v) is 5.56. The molecule has 1 aliphatic heterocycles. The molecule has 0 saturated carbocycles. The van der Waals surface area contributed by atoms with Crippen LogP contribution in [0.25, 0.3) is 0 Å². The number of benzene rings is 1. The smallest absolute Gasteiger partial charge is 0.126 e. The van der Waals surface area contributed by atoms with E-state index in [0.717, 1.165) is 13.1 Å². The highest BCUT2D eigenvalue weighted by Gasteiger charge is 2.35. The van der Waals surface area contributed by atoms with E-state index < -0.39 is 6.10 Å². The summed E-state index contributed by atoms with van der Waals surface area (Å²) in [5, 5.41) is 10.5. The zero-order chi connectivity index (χ0) is 13.9. The van der Waals surface area contributed by atoms with Gasteiger partial charge in [0.25, 0.3) is 0 Å². The van der Waals surface area contributed by atoms with Gasteiger partial charge in [0.2, 0.25) is 0 Å². The third-order valence-corrected chi connectivity index (χ3v) is 4.01. The number of morpholine rings is 1. The number of nitrogens with zero attached hydrogens (tertiary/aromatic N) is 1. The van der Waals surface area contributed by atoms with Gasteiger partial charge in [-0.3, -0.25) is 4.90 Å². The maximum atomic E-state index is 13.6. The molecule has 0 aliphatic carbocycles. The normalized spacial score (nSPS) is 19.4. The molecule has 19 heavy (non-hydrogen) atoms. The lowest BCUT2D eigenvalue weighted by Gasteiger charge is -2.43. The Morgan fingerprint density at radius 1 is 1.32 bits per heavy atom. The van der Waals surface area contributed by atoms with Crippen molar-refractivity contribution in [3.05, 3.63) is 35.6 Å². The summed E-state index contributed by atoms with van der Waals surface area (Å²) < 4.78 is 19.0. The van der Waals surface area contributed by atoms with Gasteiger partial charge in [-0.1, -0.05) is 18.2 Å². The van der Waals surface area contributed by atoms with Crippen LogP contribution in [0.2, 0.25) is 0 Å². The standard InChI is InChI=1S/C15H22FNO2/c1-15(2,17-7-9-19-10-8-17)14(18)11-12-5-3-4-6-13(12)16/h3-6,14,18H,7-11H2,1-2H3. The number of rotatable bonds is 4. The number of hydrogen-bond donors (Lipinski definition) is 1. The SMILES string of the molecule is CC(C)(C(O)Cc1ccccc1F)N1CCOCC1. The molecule has 1 aromatic carbocycles.